The third-order valence-corrected chi connectivity index (χ3v) is 5.08. The number of aliphatic hydroxyl groups is 1. The Morgan fingerprint density at radius 3 is 2.50 bits per heavy atom. The minimum atomic E-state index is -5.45. The van der Waals surface area contributed by atoms with Gasteiger partial charge < -0.3 is 14.9 Å². The van der Waals surface area contributed by atoms with Crippen LogP contribution in [0, 0.1) is 11.6 Å². The molecule has 32 heavy (non-hydrogen) atoms. The van der Waals surface area contributed by atoms with E-state index in [-0.39, 0.29) is 16.5 Å². The first-order valence-corrected chi connectivity index (χ1v) is 9.20. The fraction of sp³-hybridized carbons (Fsp3) is 0.286. The Kier molecular flexibility index (Phi) is 5.81. The second-order valence-corrected chi connectivity index (χ2v) is 7.89. The quantitative estimate of drug-likeness (QED) is 0.565. The van der Waals surface area contributed by atoms with Gasteiger partial charge in [-0.1, -0.05) is 31.1 Å². The maximum Gasteiger partial charge on any atom is 0.426 e. The van der Waals surface area contributed by atoms with Crippen molar-refractivity contribution >= 4 is 22.4 Å². The fourth-order valence-electron chi connectivity index (χ4n) is 3.42. The predicted molar refractivity (Wildman–Crippen MR) is 104 cm³/mol. The van der Waals surface area contributed by atoms with Crippen molar-refractivity contribution in [3.05, 3.63) is 70.2 Å². The number of hydrogen-bond donors (Lipinski definition) is 2. The highest BCUT2D eigenvalue weighted by atomic mass is 19.4. The monoisotopic (exact) mass is 456 g/mol. The highest BCUT2D eigenvalue weighted by Crippen LogP contribution is 2.42. The minimum Gasteiger partial charge on any atom is -0.373 e. The third-order valence-electron chi connectivity index (χ3n) is 5.08. The number of carbonyl (C=O) groups excluding carboxylic acids is 1. The summed E-state index contributed by atoms with van der Waals surface area (Å²) in [5.41, 5.74) is -7.12. The molecule has 0 bridgehead atoms. The first-order chi connectivity index (χ1) is 14.8. The molecular weight excluding hydrogens is 439 g/mol. The van der Waals surface area contributed by atoms with Crippen molar-refractivity contribution in [2.75, 3.05) is 5.32 Å². The zero-order valence-electron chi connectivity index (χ0n) is 16.8. The summed E-state index contributed by atoms with van der Waals surface area (Å²) in [6.07, 6.45) is -5.62. The van der Waals surface area contributed by atoms with Crippen LogP contribution < -0.4 is 10.9 Å². The van der Waals surface area contributed by atoms with E-state index >= 15 is 0 Å². The first-order valence-electron chi connectivity index (χ1n) is 9.20. The second-order valence-electron chi connectivity index (χ2n) is 7.89. The van der Waals surface area contributed by atoms with Gasteiger partial charge in [0.25, 0.3) is 5.91 Å². The van der Waals surface area contributed by atoms with Gasteiger partial charge in [-0.15, -0.1) is 0 Å². The SMILES string of the molecule is CC(C)(CC(O)(C(=O)Nc1ccc2c(=O)oncc2c1)C(F)(F)F)c1cccc(F)c1F. The Morgan fingerprint density at radius 2 is 1.84 bits per heavy atom. The molecule has 1 amide bonds. The lowest BCUT2D eigenvalue weighted by molar-refractivity contribution is -0.254. The average molecular weight is 456 g/mol. The molecule has 1 unspecified atom stereocenters. The number of anilines is 1. The number of nitrogens with one attached hydrogen (secondary N) is 1. The van der Waals surface area contributed by atoms with E-state index in [1.165, 1.54) is 12.1 Å². The molecule has 0 aliphatic heterocycles. The highest BCUT2D eigenvalue weighted by Gasteiger charge is 2.61. The van der Waals surface area contributed by atoms with Crippen LogP contribution in [-0.4, -0.2) is 27.9 Å². The summed E-state index contributed by atoms with van der Waals surface area (Å²) in [5.74, 6) is -4.47. The third kappa shape index (κ3) is 4.20. The molecule has 0 saturated carbocycles. The van der Waals surface area contributed by atoms with E-state index in [0.717, 1.165) is 44.3 Å². The van der Waals surface area contributed by atoms with Crippen molar-refractivity contribution in [1.29, 1.82) is 0 Å². The van der Waals surface area contributed by atoms with Crippen molar-refractivity contribution in [3.8, 4) is 0 Å². The van der Waals surface area contributed by atoms with E-state index in [4.69, 9.17) is 0 Å². The Labute approximate surface area is 177 Å². The number of fused-ring (bicyclic) bond motifs is 1. The molecule has 0 radical (unpaired) electrons. The Balaban J connectivity index is 1.97. The molecule has 0 fully saturated rings. The van der Waals surface area contributed by atoms with E-state index in [2.05, 4.69) is 9.68 Å². The molecule has 1 heterocycles. The maximum atomic E-state index is 14.2. The Morgan fingerprint density at radius 1 is 1.16 bits per heavy atom. The molecule has 3 rings (SSSR count). The molecule has 2 N–H and O–H groups in total. The van der Waals surface area contributed by atoms with Crippen LogP contribution in [0.4, 0.5) is 27.6 Å². The number of rotatable bonds is 5. The van der Waals surface area contributed by atoms with Gasteiger partial charge in [-0.25, -0.2) is 13.6 Å². The fourth-order valence-corrected chi connectivity index (χ4v) is 3.42. The molecule has 0 aliphatic rings. The van der Waals surface area contributed by atoms with Gasteiger partial charge in [0.2, 0.25) is 5.60 Å². The topological polar surface area (TPSA) is 92.4 Å². The number of hydrogen-bond acceptors (Lipinski definition) is 5. The summed E-state index contributed by atoms with van der Waals surface area (Å²) in [5, 5.41) is 16.0. The molecule has 0 spiro atoms. The summed E-state index contributed by atoms with van der Waals surface area (Å²) in [7, 11) is 0. The van der Waals surface area contributed by atoms with Crippen LogP contribution in [0.15, 0.2) is 51.9 Å². The van der Waals surface area contributed by atoms with Crippen molar-refractivity contribution in [2.45, 2.75) is 37.5 Å². The molecule has 0 aliphatic carbocycles. The first kappa shape index (κ1) is 23.3. The molecular formula is C21H17F5N2O4. The molecule has 6 nitrogen and oxygen atoms in total. The lowest BCUT2D eigenvalue weighted by Gasteiger charge is -2.36. The summed E-state index contributed by atoms with van der Waals surface area (Å²) in [6, 6.07) is 6.51. The van der Waals surface area contributed by atoms with Gasteiger partial charge >= 0.3 is 11.8 Å². The van der Waals surface area contributed by atoms with Gasteiger partial charge in [0.05, 0.1) is 11.6 Å². The van der Waals surface area contributed by atoms with Gasteiger partial charge in [0.15, 0.2) is 11.6 Å². The van der Waals surface area contributed by atoms with Crippen molar-refractivity contribution < 1.29 is 36.4 Å². The van der Waals surface area contributed by atoms with E-state index in [9.17, 15) is 36.6 Å². The van der Waals surface area contributed by atoms with Gasteiger partial charge in [0, 0.05) is 17.5 Å². The Bertz CT molecular complexity index is 1240. The molecule has 1 atom stereocenters. The van der Waals surface area contributed by atoms with E-state index in [1.54, 1.807) is 0 Å². The zero-order valence-corrected chi connectivity index (χ0v) is 16.8. The minimum absolute atomic E-state index is 0.0757. The lowest BCUT2D eigenvalue weighted by atomic mass is 9.74. The number of aromatic nitrogens is 1. The largest absolute Gasteiger partial charge is 0.426 e. The summed E-state index contributed by atoms with van der Waals surface area (Å²) >= 11 is 0. The van der Waals surface area contributed by atoms with Crippen LogP contribution >= 0.6 is 0 Å². The molecule has 3 aromatic rings. The summed E-state index contributed by atoms with van der Waals surface area (Å²) in [4.78, 5) is 24.2. The highest BCUT2D eigenvalue weighted by molar-refractivity contribution is 5.99. The molecule has 11 heteroatoms. The smallest absolute Gasteiger partial charge is 0.373 e. The van der Waals surface area contributed by atoms with Crippen LogP contribution in [0.3, 0.4) is 0 Å². The molecule has 170 valence electrons. The van der Waals surface area contributed by atoms with E-state index in [0.29, 0.717) is 0 Å². The summed E-state index contributed by atoms with van der Waals surface area (Å²) < 4.78 is 73.8. The number of benzene rings is 2. The van der Waals surface area contributed by atoms with E-state index < -0.39 is 52.3 Å². The molecule has 2 aromatic carbocycles. The standard InChI is InChI=1S/C21H17F5N2O4/c1-19(2,14-4-3-5-15(22)16(14)23)10-20(31,21(24,25)26)18(30)28-12-6-7-13-11(8-12)9-27-32-17(13)29/h3-9,31H,10H2,1-2H3,(H,28,30). The number of carbonyl (C=O) groups is 1. The maximum absolute atomic E-state index is 14.2. The van der Waals surface area contributed by atoms with Crippen LogP contribution in [0.25, 0.3) is 10.8 Å². The van der Waals surface area contributed by atoms with Gasteiger partial charge in [-0.05, 0) is 35.2 Å². The normalized spacial score (nSPS) is 14.2. The van der Waals surface area contributed by atoms with Crippen molar-refractivity contribution in [1.82, 2.24) is 5.16 Å². The molecule has 0 saturated heterocycles. The van der Waals surface area contributed by atoms with Gasteiger partial charge in [0.1, 0.15) is 0 Å². The number of alkyl halides is 3. The van der Waals surface area contributed by atoms with Crippen molar-refractivity contribution in [2.24, 2.45) is 0 Å². The average Bonchev–Trinajstić information content (AvgIpc) is 2.68. The van der Waals surface area contributed by atoms with Crippen LogP contribution in [-0.2, 0) is 10.2 Å². The van der Waals surface area contributed by atoms with Crippen LogP contribution in [0.2, 0.25) is 0 Å². The number of nitrogens with zero attached hydrogens (tertiary/aromatic N) is 1. The predicted octanol–water partition coefficient (Wildman–Crippen LogP) is 4.07. The van der Waals surface area contributed by atoms with Crippen LogP contribution in [0.5, 0.6) is 0 Å². The number of halogens is 5. The van der Waals surface area contributed by atoms with Gasteiger partial charge in [-0.3, -0.25) is 4.79 Å². The van der Waals surface area contributed by atoms with Gasteiger partial charge in [-0.2, -0.15) is 13.2 Å². The number of amides is 1. The van der Waals surface area contributed by atoms with Crippen LogP contribution in [0.1, 0.15) is 25.8 Å². The zero-order chi connectivity index (χ0) is 23.9. The Hall–Kier alpha value is -3.34. The summed E-state index contributed by atoms with van der Waals surface area (Å²) in [6.45, 7) is 2.30. The molecule has 1 aromatic heterocycles. The van der Waals surface area contributed by atoms with E-state index in [1.807, 2.05) is 5.32 Å². The lowest BCUT2D eigenvalue weighted by Crippen LogP contribution is -2.57. The van der Waals surface area contributed by atoms with Crippen molar-refractivity contribution in [3.63, 3.8) is 0 Å². The second kappa shape index (κ2) is 7.97.